The Morgan fingerprint density at radius 1 is 0.0650 bits per heavy atom. The van der Waals surface area contributed by atoms with E-state index in [9.17, 15) is 0 Å². The number of rotatable bonds is 0. The Morgan fingerprint density at radius 3 is 0.146 bits per heavy atom. The molecule has 0 aromatic rings. The molecule has 0 radical (unpaired) electrons. The largest absolute Gasteiger partial charge is 0.358 e. The molecule has 0 aliphatic heterocycles. The van der Waals surface area contributed by atoms with Crippen molar-refractivity contribution >= 4 is 0 Å². The van der Waals surface area contributed by atoms with Gasteiger partial charge < -0.3 is 6.42 Å². The molecule has 0 bridgehead atoms. The van der Waals surface area contributed by atoms with Gasteiger partial charge in [-0.1, -0.05) is 0 Å². The van der Waals surface area contributed by atoms with Crippen LogP contribution in [0.1, 0.15) is 0 Å². The average Bonchev–Trinajstić information content (AvgIpc) is 1.42. The van der Waals surface area contributed by atoms with E-state index in [0.717, 1.165) is 0 Å². The topological polar surface area (TPSA) is 0 Å². The fourth-order valence-electron chi connectivity index (χ4n) is 3.73. The lowest BCUT2D eigenvalue weighted by molar-refractivity contribution is 2.31. The first-order chi connectivity index (χ1) is 61.4. The van der Waals surface area contributed by atoms with Gasteiger partial charge in [0.05, 0.1) is 0 Å². The smallest absolute Gasteiger partial charge is 0 e. The molecule has 0 atom stereocenters. The molecule has 0 N–H and O–H groups in total. The summed E-state index contributed by atoms with van der Waals surface area (Å²) in [7, 11) is 0. The molecule has 0 aromatic carbocycles. The Hall–Kier alpha value is -27.0. The molecule has 0 saturated carbocycles. The lowest BCUT2D eigenvalue weighted by atomic mass is 10.4. The molecule has 0 spiro atoms. The van der Waals surface area contributed by atoms with Crippen molar-refractivity contribution in [3.05, 3.63) is 13.3 Å². The highest BCUT2D eigenvalue weighted by atomic mass is 13.7. The third-order valence-corrected chi connectivity index (χ3v) is 7.53. The third kappa shape index (κ3) is 95.0. The van der Waals surface area contributed by atoms with Crippen molar-refractivity contribution in [1.82, 2.24) is 0 Å². The maximum atomic E-state index is 6.59. The Kier molecular flexibility index (Phi) is 74.2. The minimum Gasteiger partial charge on any atom is -0.358 e. The molecule has 0 unspecified atom stereocenters. The zero-order valence-electron chi connectivity index (χ0n) is 61.7. The van der Waals surface area contributed by atoms with Gasteiger partial charge in [-0.15, -0.1) is 11.8 Å². The predicted molar refractivity (Wildman–Crippen MR) is 479 cm³/mol. The second kappa shape index (κ2) is 95.0. The highest BCUT2D eigenvalue weighted by molar-refractivity contribution is 5.58. The minimum absolute atomic E-state index is 1.87. The zero-order chi connectivity index (χ0) is 87.6. The first-order valence-corrected chi connectivity index (χ1v) is 30.6. The van der Waals surface area contributed by atoms with Gasteiger partial charge in [0.1, 0.15) is 0 Å². The van der Waals surface area contributed by atoms with Crippen molar-refractivity contribution in [2.45, 2.75) is 0 Å². The van der Waals surface area contributed by atoms with Gasteiger partial charge in [0.2, 0.25) is 0 Å². The average molecular weight is 1480 g/mol. The lowest BCUT2D eigenvalue weighted by Crippen LogP contribution is -1.57. The summed E-state index contributed by atoms with van der Waals surface area (Å²) < 4.78 is 0. The molecule has 123 heavy (non-hydrogen) atoms. The van der Waals surface area contributed by atoms with Gasteiger partial charge in [-0.2, -0.15) is 6.92 Å². The Balaban J connectivity index is 4.65. The maximum Gasteiger partial charge on any atom is 0 e. The van der Waals surface area contributed by atoms with Crippen LogP contribution in [0.15, 0.2) is 0 Å². The monoisotopic (exact) mass is 1480 g/mol. The zero-order valence-corrected chi connectivity index (χ0v) is 61.7. The van der Waals surface area contributed by atoms with E-state index in [1.54, 1.807) is 0 Å². The fourth-order valence-corrected chi connectivity index (χ4v) is 3.73. The molecule has 0 saturated heterocycles. The van der Waals surface area contributed by atoms with Gasteiger partial charge in [0, 0.05) is 586 Å². The maximum absolute atomic E-state index is 6.59. The van der Waals surface area contributed by atoms with Crippen molar-refractivity contribution in [3.8, 4) is 716 Å². The van der Waals surface area contributed by atoms with E-state index in [4.69, 9.17) is 6.42 Å². The molecule has 0 aliphatic carbocycles. The SMILES string of the molecule is [C-]#CC#CC#CC#CC#CC#CC#CC#CC#CC#CC#CC#CC#CC#CC#CC#CC#CC#CC#CC#CC#CC#CC#CC#CC#CC#CC#CC#CC#CC#CC#CC#CC#CC#CC#CC#CC#CC#CC#CC#CC#CC#CC#CC#CC#CC#CC#CC#CC#CC#CC#CC#CC#CC#CC#CC#CC#CC#CC#CC#CC#C[CH2-]. The van der Waals surface area contributed by atoms with E-state index < -0.39 is 0 Å². The van der Waals surface area contributed by atoms with Gasteiger partial charge in [-0.3, -0.25) is 11.8 Å². The molecule has 0 heteroatoms. The van der Waals surface area contributed by atoms with Crippen LogP contribution in [0.3, 0.4) is 0 Å². The summed E-state index contributed by atoms with van der Waals surface area (Å²) in [5.41, 5.74) is 0. The molecule has 0 aromatic heterocycles. The molecule has 0 fully saturated rings. The van der Waals surface area contributed by atoms with Crippen molar-refractivity contribution in [1.29, 1.82) is 0 Å². The molecule has 0 heterocycles. The van der Waals surface area contributed by atoms with Gasteiger partial charge in [0.25, 0.3) is 0 Å². The summed E-state index contributed by atoms with van der Waals surface area (Å²) in [6.07, 6.45) is 6.59. The lowest BCUT2D eigenvalue weighted by Gasteiger charge is -1.64. The van der Waals surface area contributed by atoms with Crippen LogP contribution in [0.4, 0.5) is 0 Å². The highest BCUT2D eigenvalue weighted by Gasteiger charge is 1.69. The summed E-state index contributed by atoms with van der Waals surface area (Å²) in [5, 5.41) is 0. The van der Waals surface area contributed by atoms with E-state index in [1.807, 2.05) is 5.92 Å². The summed E-state index contributed by atoms with van der Waals surface area (Å²) >= 11 is 0. The van der Waals surface area contributed by atoms with Crippen molar-refractivity contribution in [2.24, 2.45) is 0 Å². The van der Waals surface area contributed by atoms with Crippen LogP contribution in [-0.2, 0) is 0 Å². The van der Waals surface area contributed by atoms with Crippen LogP contribution in [0.25, 0.3) is 0 Å². The van der Waals surface area contributed by atoms with Crippen molar-refractivity contribution < 1.29 is 0 Å². The Morgan fingerprint density at radius 2 is 0.106 bits per heavy atom. The Labute approximate surface area is 724 Å². The van der Waals surface area contributed by atoms with Gasteiger partial charge >= 0.3 is 0 Å². The summed E-state index contributed by atoms with van der Waals surface area (Å²) in [5.74, 6) is 301. The van der Waals surface area contributed by atoms with E-state index in [0.29, 0.717) is 0 Å². The van der Waals surface area contributed by atoms with Crippen LogP contribution >= 0.6 is 0 Å². The van der Waals surface area contributed by atoms with E-state index in [2.05, 4.69) is 717 Å². The second-order valence-corrected chi connectivity index (χ2v) is 15.2. The van der Waals surface area contributed by atoms with Crippen LogP contribution < -0.4 is 0 Å². The molecular weight excluding hydrogens is 1480 g/mol. The van der Waals surface area contributed by atoms with Gasteiger partial charge in [0.15, 0.2) is 0 Å². The summed E-state index contributed by atoms with van der Waals surface area (Å²) in [4.78, 5) is 0. The van der Waals surface area contributed by atoms with Crippen LogP contribution in [0.2, 0.25) is 0 Å². The van der Waals surface area contributed by atoms with E-state index in [-0.39, 0.29) is 0 Å². The fraction of sp³-hybridized carbons (Fsp3) is 0. The molecule has 0 aliphatic rings. The quantitative estimate of drug-likeness (QED) is 0.247. The van der Waals surface area contributed by atoms with E-state index in [1.165, 1.54) is 0 Å². The number of hydrogen-bond donors (Lipinski definition) is 0. The van der Waals surface area contributed by atoms with Gasteiger partial charge in [-0.05, 0) is 94.7 Å². The van der Waals surface area contributed by atoms with Crippen molar-refractivity contribution in [2.75, 3.05) is 0 Å². The summed E-state index contributed by atoms with van der Waals surface area (Å²) in [6, 6.07) is 0. The normalized spacial score (nSPS) is 3.96. The predicted octanol–water partition coefficient (Wildman–Crippen LogP) is 0.614. The summed E-state index contributed by atoms with van der Waals surface area (Å²) in [6.45, 7) is 3.32. The molecule has 0 nitrogen and oxygen atoms in total. The third-order valence-electron chi connectivity index (χ3n) is 7.53. The first kappa shape index (κ1) is 96.0. The highest BCUT2D eigenvalue weighted by Crippen LogP contribution is 1.70. The minimum atomic E-state index is 1.87. The molecule has 0 rings (SSSR count). The second-order valence-electron chi connectivity index (χ2n) is 15.2. The molecule has 0 amide bonds. The van der Waals surface area contributed by atoms with Crippen LogP contribution in [0.5, 0.6) is 0 Å². The van der Waals surface area contributed by atoms with Crippen molar-refractivity contribution in [3.63, 3.8) is 0 Å². The molecule has 496 valence electrons. The first-order valence-electron chi connectivity index (χ1n) is 30.6. The number of hydrogen-bond acceptors (Lipinski definition) is 0. The Bertz CT molecular complexity index is 8620. The molecular formula is C123H2-2. The van der Waals surface area contributed by atoms with Gasteiger partial charge in [-0.25, -0.2) is 11.8 Å². The standard InChI is InChI=1S/C123H2/c1-3-5-7-9-11-13-15-17-19-21-23-25-27-29-31-33-35-37-39-41-43-45-47-49-51-53-55-57-59-61-63-65-67-69-71-73-75-77-79-81-83-85-87-89-91-93-95-97-99-101-103-105-107-109-111-113-115-117-119-121-123-122-120-118-116-114-112-110-108-106-104-102-100-98-96-94-92-90-88-86-84-82-80-78-76-74-72-70-68-66-64-62-60-58-56-54-52-50-48-46-44-42-40-38-36-34-32-30-28-26-24-22-20-18-16-14-12-10-8-6-4-2/h1H2/q-2. The van der Waals surface area contributed by atoms with E-state index >= 15 is 0 Å². The van der Waals surface area contributed by atoms with Crippen LogP contribution in [0, 0.1) is 730 Å². The van der Waals surface area contributed by atoms with Crippen LogP contribution in [-0.4, -0.2) is 0 Å².